The topological polar surface area (TPSA) is 55.6 Å². The second-order valence-corrected chi connectivity index (χ2v) is 6.63. The van der Waals surface area contributed by atoms with Crippen LogP contribution in [0.3, 0.4) is 0 Å². The van der Waals surface area contributed by atoms with Crippen LogP contribution in [-0.4, -0.2) is 36.5 Å². The molecule has 1 aromatic carbocycles. The number of carbonyl (C=O) groups is 1. The zero-order chi connectivity index (χ0) is 14.1. The zero-order valence-electron chi connectivity index (χ0n) is 11.3. The summed E-state index contributed by atoms with van der Waals surface area (Å²) < 4.78 is 6.51. The van der Waals surface area contributed by atoms with Gasteiger partial charge in [0.1, 0.15) is 5.75 Å². The van der Waals surface area contributed by atoms with Crippen LogP contribution in [0.4, 0.5) is 0 Å². The van der Waals surface area contributed by atoms with Crippen molar-refractivity contribution in [2.75, 3.05) is 19.7 Å². The number of fused-ring (bicyclic) bond motifs is 1. The molecular weight excluding hydrogens is 320 g/mol. The summed E-state index contributed by atoms with van der Waals surface area (Å²) >= 11 is 3.39. The highest BCUT2D eigenvalue weighted by atomic mass is 79.9. The van der Waals surface area contributed by atoms with Crippen LogP contribution in [-0.2, 0) is 4.79 Å². The summed E-state index contributed by atoms with van der Waals surface area (Å²) in [6.07, 6.45) is 2.26. The Kier molecular flexibility index (Phi) is 3.98. The van der Waals surface area contributed by atoms with Crippen molar-refractivity contribution in [3.8, 4) is 5.75 Å². The molecule has 2 aliphatic rings. The van der Waals surface area contributed by atoms with Gasteiger partial charge in [0.25, 0.3) is 5.91 Å². The number of halogens is 1. The van der Waals surface area contributed by atoms with Gasteiger partial charge in [-0.05, 0) is 42.9 Å². The normalized spacial score (nSPS) is 28.5. The molecule has 1 saturated heterocycles. The second-order valence-electron chi connectivity index (χ2n) is 5.71. The smallest absolute Gasteiger partial charge is 0.260 e. The van der Waals surface area contributed by atoms with Crippen molar-refractivity contribution in [2.45, 2.75) is 18.9 Å². The third-order valence-corrected chi connectivity index (χ3v) is 4.92. The molecule has 1 amide bonds. The number of benzene rings is 1. The lowest BCUT2D eigenvalue weighted by Crippen LogP contribution is -2.36. The van der Waals surface area contributed by atoms with Crippen molar-refractivity contribution in [3.63, 3.8) is 0 Å². The van der Waals surface area contributed by atoms with E-state index < -0.39 is 0 Å². The zero-order valence-corrected chi connectivity index (χ0v) is 12.9. The fourth-order valence-electron chi connectivity index (χ4n) is 3.30. The summed E-state index contributed by atoms with van der Waals surface area (Å²) in [6.45, 7) is 1.75. The lowest BCUT2D eigenvalue weighted by molar-refractivity contribution is -0.132. The maximum atomic E-state index is 12.2. The summed E-state index contributed by atoms with van der Waals surface area (Å²) in [5, 5.41) is 0. The van der Waals surface area contributed by atoms with Gasteiger partial charge in [-0.2, -0.15) is 0 Å². The largest absolute Gasteiger partial charge is 0.484 e. The quantitative estimate of drug-likeness (QED) is 0.917. The Morgan fingerprint density at radius 3 is 3.00 bits per heavy atom. The van der Waals surface area contributed by atoms with Gasteiger partial charge in [0.05, 0.1) is 0 Å². The number of ether oxygens (including phenoxy) is 1. The molecule has 4 nitrogen and oxygen atoms in total. The van der Waals surface area contributed by atoms with Gasteiger partial charge >= 0.3 is 0 Å². The maximum Gasteiger partial charge on any atom is 0.260 e. The molecule has 0 radical (unpaired) electrons. The number of hydrogen-bond donors (Lipinski definition) is 1. The van der Waals surface area contributed by atoms with E-state index in [2.05, 4.69) is 15.9 Å². The maximum absolute atomic E-state index is 12.2. The SMILES string of the molecule is NC1CCC2CN(C(=O)COc3cccc(Br)c3)CC12. The fourth-order valence-corrected chi connectivity index (χ4v) is 3.68. The Morgan fingerprint density at radius 1 is 1.40 bits per heavy atom. The van der Waals surface area contributed by atoms with Crippen molar-refractivity contribution < 1.29 is 9.53 Å². The first-order chi connectivity index (χ1) is 9.63. The van der Waals surface area contributed by atoms with Crippen LogP contribution >= 0.6 is 15.9 Å². The van der Waals surface area contributed by atoms with Crippen molar-refractivity contribution in [2.24, 2.45) is 17.6 Å². The summed E-state index contributed by atoms with van der Waals surface area (Å²) in [7, 11) is 0. The summed E-state index contributed by atoms with van der Waals surface area (Å²) in [5.41, 5.74) is 6.09. The van der Waals surface area contributed by atoms with Gasteiger partial charge in [0.15, 0.2) is 6.61 Å². The summed E-state index contributed by atoms with van der Waals surface area (Å²) in [6, 6.07) is 7.80. The molecule has 1 aliphatic heterocycles. The first-order valence-electron chi connectivity index (χ1n) is 7.05. The van der Waals surface area contributed by atoms with Crippen LogP contribution in [0.25, 0.3) is 0 Å². The van der Waals surface area contributed by atoms with Crippen molar-refractivity contribution in [1.29, 1.82) is 0 Å². The molecule has 1 heterocycles. The molecule has 108 valence electrons. The number of rotatable bonds is 3. The first-order valence-corrected chi connectivity index (χ1v) is 7.84. The molecule has 1 saturated carbocycles. The van der Waals surface area contributed by atoms with Gasteiger partial charge in [0, 0.05) is 23.6 Å². The predicted molar refractivity (Wildman–Crippen MR) is 80.4 cm³/mol. The molecule has 3 atom stereocenters. The van der Waals surface area contributed by atoms with E-state index in [1.54, 1.807) is 0 Å². The van der Waals surface area contributed by atoms with E-state index in [-0.39, 0.29) is 18.6 Å². The van der Waals surface area contributed by atoms with Crippen LogP contribution in [0.2, 0.25) is 0 Å². The molecule has 5 heteroatoms. The Labute approximate surface area is 127 Å². The van der Waals surface area contributed by atoms with Gasteiger partial charge in [0.2, 0.25) is 0 Å². The van der Waals surface area contributed by atoms with Gasteiger partial charge in [-0.25, -0.2) is 0 Å². The van der Waals surface area contributed by atoms with Crippen molar-refractivity contribution in [3.05, 3.63) is 28.7 Å². The molecule has 1 aromatic rings. The van der Waals surface area contributed by atoms with E-state index in [1.165, 1.54) is 0 Å². The summed E-state index contributed by atoms with van der Waals surface area (Å²) in [4.78, 5) is 14.1. The lowest BCUT2D eigenvalue weighted by atomic mass is 9.98. The third-order valence-electron chi connectivity index (χ3n) is 4.42. The van der Waals surface area contributed by atoms with Crippen molar-refractivity contribution >= 4 is 21.8 Å². The number of likely N-dealkylation sites (tertiary alicyclic amines) is 1. The third kappa shape index (κ3) is 2.83. The van der Waals surface area contributed by atoms with Crippen molar-refractivity contribution in [1.82, 2.24) is 4.90 Å². The Hall–Kier alpha value is -1.07. The van der Waals surface area contributed by atoms with Gasteiger partial charge < -0.3 is 15.4 Å². The molecule has 3 rings (SSSR count). The van der Waals surface area contributed by atoms with Crippen LogP contribution in [0.15, 0.2) is 28.7 Å². The second kappa shape index (κ2) is 5.74. The highest BCUT2D eigenvalue weighted by molar-refractivity contribution is 9.10. The minimum atomic E-state index is 0.0616. The van der Waals surface area contributed by atoms with Gasteiger partial charge in [-0.15, -0.1) is 0 Å². The average molecular weight is 339 g/mol. The Bertz CT molecular complexity index is 508. The summed E-state index contributed by atoms with van der Waals surface area (Å²) in [5.74, 6) is 1.86. The molecule has 20 heavy (non-hydrogen) atoms. The number of carbonyl (C=O) groups excluding carboxylic acids is 1. The Morgan fingerprint density at radius 2 is 2.25 bits per heavy atom. The van der Waals surface area contributed by atoms with E-state index in [4.69, 9.17) is 10.5 Å². The minimum absolute atomic E-state index is 0.0616. The highest BCUT2D eigenvalue weighted by Gasteiger charge is 2.42. The molecular formula is C15H19BrN2O2. The molecule has 2 fully saturated rings. The fraction of sp³-hybridized carbons (Fsp3) is 0.533. The average Bonchev–Trinajstić information content (AvgIpc) is 2.99. The molecule has 3 unspecified atom stereocenters. The van der Waals surface area contributed by atoms with E-state index in [1.807, 2.05) is 29.2 Å². The number of hydrogen-bond acceptors (Lipinski definition) is 3. The molecule has 0 bridgehead atoms. The lowest BCUT2D eigenvalue weighted by Gasteiger charge is -2.19. The molecule has 0 aromatic heterocycles. The molecule has 1 aliphatic carbocycles. The van der Waals surface area contributed by atoms with Crippen LogP contribution in [0.5, 0.6) is 5.75 Å². The standard InChI is InChI=1S/C15H19BrN2O2/c16-11-2-1-3-12(6-11)20-9-15(19)18-7-10-4-5-14(17)13(10)8-18/h1-3,6,10,13-14H,4-5,7-9,17H2. The van der Waals surface area contributed by atoms with Gasteiger partial charge in [-0.1, -0.05) is 22.0 Å². The van der Waals surface area contributed by atoms with E-state index in [0.717, 1.165) is 30.4 Å². The van der Waals surface area contributed by atoms with Gasteiger partial charge in [-0.3, -0.25) is 4.79 Å². The van der Waals surface area contributed by atoms with Crippen LogP contribution in [0, 0.1) is 11.8 Å². The number of amides is 1. The predicted octanol–water partition coefficient (Wildman–Crippen LogP) is 2.02. The van der Waals surface area contributed by atoms with Crippen LogP contribution in [0.1, 0.15) is 12.8 Å². The molecule has 2 N–H and O–H groups in total. The molecule has 0 spiro atoms. The van der Waals surface area contributed by atoms with E-state index in [0.29, 0.717) is 17.6 Å². The number of nitrogens with zero attached hydrogens (tertiary/aromatic N) is 1. The first kappa shape index (κ1) is 13.9. The van der Waals surface area contributed by atoms with Crippen LogP contribution < -0.4 is 10.5 Å². The monoisotopic (exact) mass is 338 g/mol. The number of nitrogens with two attached hydrogens (primary N) is 1. The van der Waals surface area contributed by atoms with E-state index in [9.17, 15) is 4.79 Å². The minimum Gasteiger partial charge on any atom is -0.484 e. The Balaban J connectivity index is 1.53. The highest BCUT2D eigenvalue weighted by Crippen LogP contribution is 2.37. The van der Waals surface area contributed by atoms with E-state index >= 15 is 0 Å².